The minimum absolute atomic E-state index is 0.00224. The van der Waals surface area contributed by atoms with Gasteiger partial charge in [0.25, 0.3) is 0 Å². The molecule has 0 bridgehead atoms. The molecule has 12 nitrogen and oxygen atoms in total. The Balaban J connectivity index is 3.34. The summed E-state index contributed by atoms with van der Waals surface area (Å²) in [5.41, 5.74) is 11.2. The van der Waals surface area contributed by atoms with Gasteiger partial charge in [-0.25, -0.2) is 0 Å². The van der Waals surface area contributed by atoms with Gasteiger partial charge in [-0.15, -0.1) is 11.8 Å². The highest BCUT2D eigenvalue weighted by Gasteiger charge is 2.23. The summed E-state index contributed by atoms with van der Waals surface area (Å²) in [7, 11) is 0. The Morgan fingerprint density at radius 3 is 1.76 bits per heavy atom. The third-order valence-electron chi connectivity index (χ3n) is 6.10. The molecule has 0 radical (unpaired) electrons. The Hall–Kier alpha value is -1.61. The van der Waals surface area contributed by atoms with Gasteiger partial charge < -0.3 is 41.0 Å². The van der Waals surface area contributed by atoms with Crippen LogP contribution in [0.1, 0.15) is 65.2 Å². The second-order valence-corrected chi connectivity index (χ2v) is 11.3. The largest absolute Gasteiger partial charge is 0.379 e. The van der Waals surface area contributed by atoms with Crippen LogP contribution in [0.4, 0.5) is 0 Å². The zero-order valence-corrected chi connectivity index (χ0v) is 26.6. The zero-order chi connectivity index (χ0) is 31.3. The molecule has 0 aromatic rings. The molecule has 246 valence electrons. The third kappa shape index (κ3) is 26.1. The summed E-state index contributed by atoms with van der Waals surface area (Å²) >= 11 is 1.50. The number of ether oxygens (including phenoxy) is 4. The summed E-state index contributed by atoms with van der Waals surface area (Å²) in [5.74, 6) is 0.0973. The molecule has 0 aromatic heterocycles. The van der Waals surface area contributed by atoms with E-state index in [0.717, 1.165) is 32.1 Å². The van der Waals surface area contributed by atoms with Crippen LogP contribution in [0.2, 0.25) is 0 Å². The van der Waals surface area contributed by atoms with Crippen LogP contribution >= 0.6 is 11.8 Å². The highest BCUT2D eigenvalue weighted by atomic mass is 32.2. The van der Waals surface area contributed by atoms with Crippen LogP contribution in [0, 0.1) is 5.92 Å². The molecule has 0 saturated heterocycles. The average Bonchev–Trinajstić information content (AvgIpc) is 2.97. The maximum Gasteiger partial charge on any atom is 0.229 e. The molecule has 1 atom stereocenters. The van der Waals surface area contributed by atoms with Crippen molar-refractivity contribution >= 4 is 35.1 Å². The minimum atomic E-state index is -0.725. The predicted octanol–water partition coefficient (Wildman–Crippen LogP) is 1.22. The Kier molecular flexibility index (Phi) is 28.3. The smallest absolute Gasteiger partial charge is 0.229 e. The molecule has 13 heteroatoms. The first-order valence-electron chi connectivity index (χ1n) is 15.2. The second kappa shape index (κ2) is 29.5. The summed E-state index contributed by atoms with van der Waals surface area (Å²) in [5, 5.41) is 5.73. The minimum Gasteiger partial charge on any atom is -0.379 e. The van der Waals surface area contributed by atoms with Crippen molar-refractivity contribution in [2.75, 3.05) is 84.0 Å². The number of thioether (sulfide) groups is 1. The van der Waals surface area contributed by atoms with Gasteiger partial charge in [0.2, 0.25) is 17.6 Å². The summed E-state index contributed by atoms with van der Waals surface area (Å²) in [6.07, 6.45) is 5.64. The summed E-state index contributed by atoms with van der Waals surface area (Å²) in [6, 6.07) is -0.725. The molecule has 0 spiro atoms. The number of Topliss-reactive ketones (excluding diaryl/α,β-unsaturated/α-hetero) is 2. The highest BCUT2D eigenvalue weighted by molar-refractivity contribution is 7.99. The molecular weight excluding hydrogens is 564 g/mol. The summed E-state index contributed by atoms with van der Waals surface area (Å²) in [6.45, 7) is 9.22. The number of carbonyl (C=O) groups excluding carboxylic acids is 4. The van der Waals surface area contributed by atoms with Gasteiger partial charge in [0, 0.05) is 31.7 Å². The van der Waals surface area contributed by atoms with Gasteiger partial charge in [-0.1, -0.05) is 26.7 Å². The maximum atomic E-state index is 11.9. The van der Waals surface area contributed by atoms with E-state index in [1.165, 1.54) is 11.8 Å². The van der Waals surface area contributed by atoms with Crippen molar-refractivity contribution in [3.05, 3.63) is 0 Å². The fourth-order valence-corrected chi connectivity index (χ4v) is 4.12. The van der Waals surface area contributed by atoms with Gasteiger partial charge in [-0.3, -0.25) is 19.2 Å². The molecule has 2 amide bonds. The fourth-order valence-electron chi connectivity index (χ4n) is 3.45. The molecule has 0 rings (SSSR count). The molecule has 0 unspecified atom stereocenters. The monoisotopic (exact) mass is 620 g/mol. The van der Waals surface area contributed by atoms with E-state index in [1.54, 1.807) is 0 Å². The van der Waals surface area contributed by atoms with Gasteiger partial charge >= 0.3 is 0 Å². The number of hydrogen-bond donors (Lipinski definition) is 4. The quantitative estimate of drug-likeness (QED) is 0.0646. The first kappa shape index (κ1) is 40.4. The lowest BCUT2D eigenvalue weighted by atomic mass is 9.96. The lowest BCUT2D eigenvalue weighted by molar-refractivity contribution is -0.137. The van der Waals surface area contributed by atoms with E-state index in [4.69, 9.17) is 30.4 Å². The summed E-state index contributed by atoms with van der Waals surface area (Å²) in [4.78, 5) is 47.3. The normalized spacial score (nSPS) is 11.9. The number of nitrogens with one attached hydrogen (secondary N) is 2. The van der Waals surface area contributed by atoms with Crippen LogP contribution < -0.4 is 22.1 Å². The third-order valence-corrected chi connectivity index (χ3v) is 7.02. The van der Waals surface area contributed by atoms with E-state index >= 15 is 0 Å². The Morgan fingerprint density at radius 2 is 1.19 bits per heavy atom. The molecule has 0 saturated carbocycles. The SMILES string of the molecule is CC(C)[C@H](N)C(=O)C(=O)CCCCCNC(=O)CSCCOCCOCCOCCOCCC(=O)NCCCCCN. The van der Waals surface area contributed by atoms with E-state index in [2.05, 4.69) is 10.6 Å². The van der Waals surface area contributed by atoms with Crippen molar-refractivity contribution < 1.29 is 38.1 Å². The number of unbranched alkanes of at least 4 members (excludes halogenated alkanes) is 4. The average molecular weight is 621 g/mol. The van der Waals surface area contributed by atoms with Gasteiger partial charge in [-0.2, -0.15) is 0 Å². The maximum absolute atomic E-state index is 11.9. The van der Waals surface area contributed by atoms with Crippen LogP contribution in [0.15, 0.2) is 0 Å². The fraction of sp³-hybridized carbons (Fsp3) is 0.862. The van der Waals surface area contributed by atoms with Gasteiger partial charge in [0.15, 0.2) is 5.78 Å². The highest BCUT2D eigenvalue weighted by Crippen LogP contribution is 2.06. The Labute approximate surface area is 256 Å². The van der Waals surface area contributed by atoms with Gasteiger partial charge in [0.05, 0.1) is 64.6 Å². The second-order valence-electron chi connectivity index (χ2n) is 10.2. The first-order chi connectivity index (χ1) is 20.3. The van der Waals surface area contributed by atoms with Gasteiger partial charge in [0.1, 0.15) is 0 Å². The van der Waals surface area contributed by atoms with Crippen molar-refractivity contribution in [1.82, 2.24) is 10.6 Å². The van der Waals surface area contributed by atoms with Crippen LogP contribution in [0.5, 0.6) is 0 Å². The number of ketones is 2. The molecule has 0 heterocycles. The summed E-state index contributed by atoms with van der Waals surface area (Å²) < 4.78 is 21.8. The number of rotatable bonds is 31. The predicted molar refractivity (Wildman–Crippen MR) is 165 cm³/mol. The van der Waals surface area contributed by atoms with E-state index < -0.39 is 17.6 Å². The molecular formula is C29H56N4O8S. The molecule has 0 aliphatic heterocycles. The van der Waals surface area contributed by atoms with E-state index in [1.807, 2.05) is 13.8 Å². The number of hydrogen-bond acceptors (Lipinski definition) is 11. The van der Waals surface area contributed by atoms with Crippen molar-refractivity contribution in [2.24, 2.45) is 17.4 Å². The van der Waals surface area contributed by atoms with Crippen LogP contribution in [0.3, 0.4) is 0 Å². The molecule has 0 aliphatic rings. The van der Waals surface area contributed by atoms with Crippen molar-refractivity contribution in [1.29, 1.82) is 0 Å². The molecule has 0 fully saturated rings. The number of nitrogens with two attached hydrogens (primary N) is 2. The lowest BCUT2D eigenvalue weighted by Crippen LogP contribution is -2.40. The molecule has 0 aromatic carbocycles. The van der Waals surface area contributed by atoms with Crippen LogP contribution in [-0.2, 0) is 38.1 Å². The standard InChI is InChI=1S/C29H56N4O8S/c1-24(2)28(31)29(37)25(34)9-5-3-7-13-33-27(36)23-42-22-21-41-20-19-40-18-17-39-16-15-38-14-10-26(35)32-12-8-4-6-11-30/h24,28H,3-23,30-31H2,1-2H3,(H,32,35)(H,33,36)/t28-/m0/s1. The van der Waals surface area contributed by atoms with E-state index in [-0.39, 0.29) is 24.2 Å². The van der Waals surface area contributed by atoms with E-state index in [0.29, 0.717) is 96.8 Å². The van der Waals surface area contributed by atoms with Crippen LogP contribution in [-0.4, -0.2) is 113 Å². The van der Waals surface area contributed by atoms with Crippen molar-refractivity contribution in [3.63, 3.8) is 0 Å². The number of amides is 2. The molecule has 0 aliphatic carbocycles. The van der Waals surface area contributed by atoms with Crippen molar-refractivity contribution in [2.45, 2.75) is 71.3 Å². The number of carbonyl (C=O) groups is 4. The van der Waals surface area contributed by atoms with Crippen molar-refractivity contribution in [3.8, 4) is 0 Å². The van der Waals surface area contributed by atoms with Crippen LogP contribution in [0.25, 0.3) is 0 Å². The molecule has 42 heavy (non-hydrogen) atoms. The van der Waals surface area contributed by atoms with E-state index in [9.17, 15) is 19.2 Å². The first-order valence-corrected chi connectivity index (χ1v) is 16.4. The molecule has 6 N–H and O–H groups in total. The van der Waals surface area contributed by atoms with Gasteiger partial charge in [-0.05, 0) is 38.1 Å². The lowest BCUT2D eigenvalue weighted by Gasteiger charge is -2.12. The topological polar surface area (TPSA) is 181 Å². The zero-order valence-electron chi connectivity index (χ0n) is 25.8. The Morgan fingerprint density at radius 1 is 0.667 bits per heavy atom. The Bertz CT molecular complexity index is 715.